The van der Waals surface area contributed by atoms with Crippen LogP contribution < -0.4 is 0 Å². The predicted molar refractivity (Wildman–Crippen MR) is 80.7 cm³/mol. The Morgan fingerprint density at radius 2 is 2.10 bits per heavy atom. The van der Waals surface area contributed by atoms with Crippen LogP contribution in [0.3, 0.4) is 0 Å². The Balaban J connectivity index is 2.00. The Kier molecular flexibility index (Phi) is 5.22. The van der Waals surface area contributed by atoms with Crippen molar-refractivity contribution in [3.8, 4) is 0 Å². The highest BCUT2D eigenvalue weighted by atomic mass is 35.5. The molecule has 5 heteroatoms. The molecule has 0 radical (unpaired) electrons. The van der Waals surface area contributed by atoms with Gasteiger partial charge >= 0.3 is 0 Å². The molecule has 1 fully saturated rings. The summed E-state index contributed by atoms with van der Waals surface area (Å²) >= 11 is 5.96. The van der Waals surface area contributed by atoms with Gasteiger partial charge in [-0.2, -0.15) is 0 Å². The number of benzene rings is 1. The van der Waals surface area contributed by atoms with Crippen molar-refractivity contribution in [3.63, 3.8) is 0 Å². The summed E-state index contributed by atoms with van der Waals surface area (Å²) in [6.45, 7) is 3.44. The van der Waals surface area contributed by atoms with Crippen LogP contribution in [0.4, 0.5) is 4.39 Å². The summed E-state index contributed by atoms with van der Waals surface area (Å²) in [6.07, 6.45) is 2.47. The fraction of sp³-hybridized carbons (Fsp3) is 0.562. The number of nitrogens with zero attached hydrogens (tertiary/aromatic N) is 1. The minimum absolute atomic E-state index is 0.0102. The van der Waals surface area contributed by atoms with E-state index in [9.17, 15) is 14.3 Å². The zero-order valence-corrected chi connectivity index (χ0v) is 13.0. The molecule has 1 aromatic rings. The quantitative estimate of drug-likeness (QED) is 0.928. The minimum atomic E-state index is -0.439. The van der Waals surface area contributed by atoms with Crippen molar-refractivity contribution in [1.29, 1.82) is 0 Å². The molecule has 1 heterocycles. The van der Waals surface area contributed by atoms with Crippen molar-refractivity contribution in [2.24, 2.45) is 5.41 Å². The molecule has 116 valence electrons. The summed E-state index contributed by atoms with van der Waals surface area (Å²) in [7, 11) is 0. The molecule has 2 rings (SSSR count). The van der Waals surface area contributed by atoms with Crippen LogP contribution in [-0.4, -0.2) is 35.6 Å². The molecule has 1 saturated heterocycles. The van der Waals surface area contributed by atoms with E-state index in [4.69, 9.17) is 11.6 Å². The third-order valence-electron chi connectivity index (χ3n) is 4.65. The van der Waals surface area contributed by atoms with Gasteiger partial charge in [0.2, 0.25) is 5.91 Å². The van der Waals surface area contributed by atoms with Crippen LogP contribution in [0.2, 0.25) is 5.02 Å². The Bertz CT molecular complexity index is 487. The molecule has 0 aromatic heterocycles. The summed E-state index contributed by atoms with van der Waals surface area (Å²) in [6, 6.07) is 4.44. The van der Waals surface area contributed by atoms with E-state index in [1.165, 1.54) is 12.1 Å². The smallest absolute Gasteiger partial charge is 0.227 e. The Morgan fingerprint density at radius 3 is 2.62 bits per heavy atom. The van der Waals surface area contributed by atoms with Crippen LogP contribution >= 0.6 is 11.6 Å². The van der Waals surface area contributed by atoms with Crippen LogP contribution in [0.5, 0.6) is 0 Å². The molecule has 0 spiro atoms. The summed E-state index contributed by atoms with van der Waals surface area (Å²) in [5.41, 5.74) is 0.200. The van der Waals surface area contributed by atoms with Crippen molar-refractivity contribution in [2.75, 3.05) is 19.7 Å². The average Bonchev–Trinajstić information content (AvgIpc) is 2.51. The first-order valence-electron chi connectivity index (χ1n) is 7.33. The van der Waals surface area contributed by atoms with Gasteiger partial charge in [-0.1, -0.05) is 24.6 Å². The molecule has 0 bridgehead atoms. The molecular formula is C16H21ClFNO2. The van der Waals surface area contributed by atoms with E-state index in [0.717, 1.165) is 19.3 Å². The van der Waals surface area contributed by atoms with Crippen molar-refractivity contribution in [2.45, 2.75) is 32.6 Å². The zero-order valence-electron chi connectivity index (χ0n) is 12.2. The van der Waals surface area contributed by atoms with E-state index >= 15 is 0 Å². The summed E-state index contributed by atoms with van der Waals surface area (Å²) < 4.78 is 13.7. The minimum Gasteiger partial charge on any atom is -0.396 e. The third kappa shape index (κ3) is 3.55. The van der Waals surface area contributed by atoms with Gasteiger partial charge in [0, 0.05) is 30.3 Å². The van der Waals surface area contributed by atoms with Gasteiger partial charge in [-0.05, 0) is 36.8 Å². The van der Waals surface area contributed by atoms with E-state index in [1.807, 2.05) is 0 Å². The van der Waals surface area contributed by atoms with Crippen LogP contribution in [0.15, 0.2) is 18.2 Å². The second-order valence-electron chi connectivity index (χ2n) is 5.77. The number of aliphatic hydroxyl groups excluding tert-OH is 1. The third-order valence-corrected chi connectivity index (χ3v) is 5.01. The van der Waals surface area contributed by atoms with Gasteiger partial charge in [0.1, 0.15) is 5.82 Å². The zero-order chi connectivity index (χ0) is 15.5. The number of carbonyl (C=O) groups is 1. The second kappa shape index (κ2) is 6.75. The number of halogens is 2. The first-order valence-corrected chi connectivity index (χ1v) is 7.70. The van der Waals surface area contributed by atoms with E-state index in [1.54, 1.807) is 11.0 Å². The number of likely N-dealkylation sites (tertiary alicyclic amines) is 1. The molecular weight excluding hydrogens is 293 g/mol. The van der Waals surface area contributed by atoms with Crippen molar-refractivity contribution in [1.82, 2.24) is 4.90 Å². The molecule has 21 heavy (non-hydrogen) atoms. The fourth-order valence-corrected chi connectivity index (χ4v) is 3.05. The number of hydrogen-bond donors (Lipinski definition) is 1. The number of rotatable bonds is 4. The fourth-order valence-electron chi connectivity index (χ4n) is 2.82. The molecule has 1 aromatic carbocycles. The lowest BCUT2D eigenvalue weighted by Gasteiger charge is -2.40. The lowest BCUT2D eigenvalue weighted by molar-refractivity contribution is -0.133. The highest BCUT2D eigenvalue weighted by molar-refractivity contribution is 6.31. The van der Waals surface area contributed by atoms with E-state index in [2.05, 4.69) is 6.92 Å². The van der Waals surface area contributed by atoms with E-state index in [-0.39, 0.29) is 29.9 Å². The number of aliphatic hydroxyl groups is 1. The Morgan fingerprint density at radius 1 is 1.43 bits per heavy atom. The highest BCUT2D eigenvalue weighted by Gasteiger charge is 2.34. The first-order chi connectivity index (χ1) is 10.0. The lowest BCUT2D eigenvalue weighted by atomic mass is 9.77. The molecule has 1 aliphatic rings. The largest absolute Gasteiger partial charge is 0.396 e. The number of carbonyl (C=O) groups excluding carboxylic acids is 1. The molecule has 1 aliphatic heterocycles. The average molecular weight is 314 g/mol. The summed E-state index contributed by atoms with van der Waals surface area (Å²) in [5.74, 6) is -0.546. The standard InChI is InChI=1S/C16H21ClFNO2/c1-2-16(11-20)6-8-19(9-7-16)15(21)10-12-13(17)4-3-5-14(12)18/h3-5,20H,2,6-11H2,1H3. The molecule has 1 N–H and O–H groups in total. The van der Waals surface area contributed by atoms with Crippen LogP contribution in [0.25, 0.3) is 0 Å². The SMILES string of the molecule is CCC1(CO)CCN(C(=O)Cc2c(F)cccc2Cl)CC1. The van der Waals surface area contributed by atoms with Gasteiger partial charge in [-0.15, -0.1) is 0 Å². The van der Waals surface area contributed by atoms with Crippen molar-refractivity contribution >= 4 is 17.5 Å². The topological polar surface area (TPSA) is 40.5 Å². The maximum absolute atomic E-state index is 13.7. The highest BCUT2D eigenvalue weighted by Crippen LogP contribution is 2.34. The first kappa shape index (κ1) is 16.2. The van der Waals surface area contributed by atoms with Gasteiger partial charge in [0.05, 0.1) is 6.42 Å². The van der Waals surface area contributed by atoms with Crippen molar-refractivity contribution < 1.29 is 14.3 Å². The van der Waals surface area contributed by atoms with Gasteiger partial charge in [0.25, 0.3) is 0 Å². The summed E-state index contributed by atoms with van der Waals surface area (Å²) in [5, 5.41) is 9.79. The maximum atomic E-state index is 13.7. The second-order valence-corrected chi connectivity index (χ2v) is 6.18. The van der Waals surface area contributed by atoms with Gasteiger partial charge < -0.3 is 10.0 Å². The maximum Gasteiger partial charge on any atom is 0.227 e. The normalized spacial score (nSPS) is 17.8. The van der Waals surface area contributed by atoms with Gasteiger partial charge in [-0.25, -0.2) is 4.39 Å². The molecule has 1 amide bonds. The van der Waals surface area contributed by atoms with Crippen LogP contribution in [0, 0.1) is 11.2 Å². The molecule has 0 aliphatic carbocycles. The molecule has 3 nitrogen and oxygen atoms in total. The Labute approximate surface area is 129 Å². The Hall–Kier alpha value is -1.13. The number of piperidine rings is 1. The van der Waals surface area contributed by atoms with Crippen LogP contribution in [-0.2, 0) is 11.2 Å². The van der Waals surface area contributed by atoms with Gasteiger partial charge in [-0.3, -0.25) is 4.79 Å². The van der Waals surface area contributed by atoms with E-state index in [0.29, 0.717) is 18.1 Å². The molecule has 0 atom stereocenters. The number of amides is 1. The lowest BCUT2D eigenvalue weighted by Crippen LogP contribution is -2.45. The number of hydrogen-bond acceptors (Lipinski definition) is 2. The predicted octanol–water partition coefficient (Wildman–Crippen LogP) is 3.03. The molecule has 0 unspecified atom stereocenters. The summed E-state index contributed by atoms with van der Waals surface area (Å²) in [4.78, 5) is 14.0. The van der Waals surface area contributed by atoms with Gasteiger partial charge in [0.15, 0.2) is 0 Å². The monoisotopic (exact) mass is 313 g/mol. The van der Waals surface area contributed by atoms with Crippen LogP contribution in [0.1, 0.15) is 31.7 Å². The molecule has 0 saturated carbocycles. The van der Waals surface area contributed by atoms with E-state index < -0.39 is 5.82 Å². The van der Waals surface area contributed by atoms with Crippen molar-refractivity contribution in [3.05, 3.63) is 34.6 Å².